The molecule has 3 rings (SSSR count). The average molecular weight is 512 g/mol. The lowest BCUT2D eigenvalue weighted by molar-refractivity contribution is -0.383. The number of nitro groups is 1. The molecule has 37 heavy (non-hydrogen) atoms. The van der Waals surface area contributed by atoms with Crippen molar-refractivity contribution in [3.8, 4) is 0 Å². The molecule has 2 heterocycles. The van der Waals surface area contributed by atoms with Crippen LogP contribution in [-0.2, 0) is 32.2 Å². The highest BCUT2D eigenvalue weighted by atomic mass is 16.6. The standard InChI is InChI=1S/C25H29N5O7/c1-3-35-21(31)12-13-28(16-20-11-8-14-37-20)24-23(30(33)34)25(27-18-26-24)29(17-22(32)36-4-2)15-19-9-6-5-7-10-19/h5-11,14,18H,3-4,12-13,15-17H2,1-2H3. The van der Waals surface area contributed by atoms with Crippen molar-refractivity contribution in [2.24, 2.45) is 0 Å². The molecule has 0 bridgehead atoms. The molecule has 196 valence electrons. The first kappa shape index (κ1) is 27.1. The van der Waals surface area contributed by atoms with E-state index in [1.165, 1.54) is 17.5 Å². The summed E-state index contributed by atoms with van der Waals surface area (Å²) in [6.07, 6.45) is 2.65. The quantitative estimate of drug-likeness (QED) is 0.178. The Balaban J connectivity index is 2.04. The zero-order valence-electron chi connectivity index (χ0n) is 20.7. The maximum atomic E-state index is 12.4. The largest absolute Gasteiger partial charge is 0.467 e. The van der Waals surface area contributed by atoms with Crippen molar-refractivity contribution in [3.63, 3.8) is 0 Å². The van der Waals surface area contributed by atoms with E-state index in [0.717, 1.165) is 5.56 Å². The molecule has 3 aromatic rings. The van der Waals surface area contributed by atoms with Gasteiger partial charge in [0, 0.05) is 13.1 Å². The Morgan fingerprint density at radius 2 is 1.62 bits per heavy atom. The summed E-state index contributed by atoms with van der Waals surface area (Å²) in [5.41, 5.74) is 0.411. The third-order valence-corrected chi connectivity index (χ3v) is 5.22. The van der Waals surface area contributed by atoms with E-state index >= 15 is 0 Å². The predicted molar refractivity (Wildman–Crippen MR) is 134 cm³/mol. The Morgan fingerprint density at radius 3 is 2.24 bits per heavy atom. The van der Waals surface area contributed by atoms with Crippen molar-refractivity contribution < 1.29 is 28.4 Å². The van der Waals surface area contributed by atoms with Gasteiger partial charge in [0.2, 0.25) is 11.6 Å². The monoisotopic (exact) mass is 511 g/mol. The Morgan fingerprint density at radius 1 is 0.946 bits per heavy atom. The molecular formula is C25H29N5O7. The SMILES string of the molecule is CCOC(=O)CCN(Cc1ccco1)c1ncnc(N(CC(=O)OCC)Cc2ccccc2)c1[N+](=O)[O-]. The maximum Gasteiger partial charge on any atom is 0.353 e. The smallest absolute Gasteiger partial charge is 0.353 e. The van der Waals surface area contributed by atoms with Crippen LogP contribution in [-0.4, -0.2) is 53.1 Å². The molecule has 1 aromatic carbocycles. The summed E-state index contributed by atoms with van der Waals surface area (Å²) >= 11 is 0. The number of nitrogens with zero attached hydrogens (tertiary/aromatic N) is 5. The number of aromatic nitrogens is 2. The van der Waals surface area contributed by atoms with Crippen molar-refractivity contribution in [1.82, 2.24) is 9.97 Å². The highest BCUT2D eigenvalue weighted by Gasteiger charge is 2.32. The van der Waals surface area contributed by atoms with Gasteiger partial charge < -0.3 is 23.7 Å². The van der Waals surface area contributed by atoms with E-state index in [0.29, 0.717) is 5.76 Å². The molecule has 0 aliphatic carbocycles. The van der Waals surface area contributed by atoms with E-state index in [9.17, 15) is 19.7 Å². The second-order valence-electron chi connectivity index (χ2n) is 7.83. The normalized spacial score (nSPS) is 10.5. The van der Waals surface area contributed by atoms with E-state index in [1.54, 1.807) is 30.9 Å². The van der Waals surface area contributed by atoms with Gasteiger partial charge in [0.1, 0.15) is 18.6 Å². The molecule has 0 aliphatic heterocycles. The van der Waals surface area contributed by atoms with Crippen molar-refractivity contribution >= 4 is 29.3 Å². The Kier molecular flexibility index (Phi) is 9.94. The molecule has 2 aromatic heterocycles. The summed E-state index contributed by atoms with van der Waals surface area (Å²) in [6, 6.07) is 12.6. The van der Waals surface area contributed by atoms with Gasteiger partial charge in [0.25, 0.3) is 0 Å². The van der Waals surface area contributed by atoms with Crippen molar-refractivity contribution in [2.75, 3.05) is 36.1 Å². The number of ether oxygens (including phenoxy) is 2. The molecule has 0 aliphatic rings. The molecule has 0 saturated heterocycles. The Labute approximate surface area is 214 Å². The highest BCUT2D eigenvalue weighted by Crippen LogP contribution is 2.35. The van der Waals surface area contributed by atoms with Gasteiger partial charge in [-0.3, -0.25) is 19.7 Å². The summed E-state index contributed by atoms with van der Waals surface area (Å²) in [6.45, 7) is 3.86. The molecule has 0 unspecified atom stereocenters. The van der Waals surface area contributed by atoms with E-state index in [4.69, 9.17) is 13.9 Å². The van der Waals surface area contributed by atoms with Crippen molar-refractivity contribution in [2.45, 2.75) is 33.4 Å². The van der Waals surface area contributed by atoms with Gasteiger partial charge in [0.15, 0.2) is 0 Å². The molecule has 0 radical (unpaired) electrons. The second kappa shape index (κ2) is 13.6. The van der Waals surface area contributed by atoms with Crippen LogP contribution in [0.5, 0.6) is 0 Å². The molecular weight excluding hydrogens is 482 g/mol. The van der Waals surface area contributed by atoms with Gasteiger partial charge in [-0.15, -0.1) is 0 Å². The van der Waals surface area contributed by atoms with Crippen LogP contribution in [0.3, 0.4) is 0 Å². The molecule has 12 heteroatoms. The molecule has 0 fully saturated rings. The summed E-state index contributed by atoms with van der Waals surface area (Å²) in [5.74, 6) is -0.546. The van der Waals surface area contributed by atoms with Crippen LogP contribution in [0.15, 0.2) is 59.5 Å². The number of benzene rings is 1. The minimum absolute atomic E-state index is 0.0161. The number of esters is 2. The van der Waals surface area contributed by atoms with Crippen LogP contribution in [0.4, 0.5) is 17.3 Å². The van der Waals surface area contributed by atoms with E-state index in [1.807, 2.05) is 30.3 Å². The van der Waals surface area contributed by atoms with Crippen molar-refractivity contribution in [1.29, 1.82) is 0 Å². The van der Waals surface area contributed by atoms with Gasteiger partial charge in [-0.1, -0.05) is 30.3 Å². The molecule has 0 amide bonds. The fraction of sp³-hybridized carbons (Fsp3) is 0.360. The predicted octanol–water partition coefficient (Wildman–Crippen LogP) is 3.51. The van der Waals surface area contributed by atoms with E-state index in [2.05, 4.69) is 9.97 Å². The average Bonchev–Trinajstić information content (AvgIpc) is 3.40. The molecule has 12 nitrogen and oxygen atoms in total. The van der Waals surface area contributed by atoms with Crippen LogP contribution in [0.2, 0.25) is 0 Å². The van der Waals surface area contributed by atoms with Crippen LogP contribution >= 0.6 is 0 Å². The number of furan rings is 1. The van der Waals surface area contributed by atoms with Gasteiger partial charge in [-0.2, -0.15) is 0 Å². The Hall–Kier alpha value is -4.48. The third-order valence-electron chi connectivity index (χ3n) is 5.22. The minimum Gasteiger partial charge on any atom is -0.467 e. The number of hydrogen-bond acceptors (Lipinski definition) is 11. The maximum absolute atomic E-state index is 12.4. The molecule has 0 saturated carbocycles. The number of anilines is 2. The van der Waals surface area contributed by atoms with Gasteiger partial charge in [0.05, 0.1) is 37.4 Å². The highest BCUT2D eigenvalue weighted by molar-refractivity contribution is 5.79. The lowest BCUT2D eigenvalue weighted by atomic mass is 10.2. The van der Waals surface area contributed by atoms with Gasteiger partial charge in [-0.05, 0) is 31.5 Å². The summed E-state index contributed by atoms with van der Waals surface area (Å²) in [5, 5.41) is 12.4. The zero-order valence-corrected chi connectivity index (χ0v) is 20.7. The molecule has 0 N–H and O–H groups in total. The minimum atomic E-state index is -0.590. The van der Waals surface area contributed by atoms with Crippen LogP contribution in [0.25, 0.3) is 0 Å². The summed E-state index contributed by atoms with van der Waals surface area (Å²) in [7, 11) is 0. The summed E-state index contributed by atoms with van der Waals surface area (Å²) in [4.78, 5) is 47.7. The number of hydrogen-bond donors (Lipinski definition) is 0. The molecule has 0 atom stereocenters. The molecule has 0 spiro atoms. The lowest BCUT2D eigenvalue weighted by Gasteiger charge is -2.26. The van der Waals surface area contributed by atoms with Gasteiger partial charge in [-0.25, -0.2) is 9.97 Å². The topological polar surface area (TPSA) is 141 Å². The third kappa shape index (κ3) is 7.75. The van der Waals surface area contributed by atoms with Crippen LogP contribution in [0.1, 0.15) is 31.6 Å². The lowest BCUT2D eigenvalue weighted by Crippen LogP contribution is -2.33. The van der Waals surface area contributed by atoms with Crippen LogP contribution < -0.4 is 9.80 Å². The first-order valence-electron chi connectivity index (χ1n) is 11.8. The zero-order chi connectivity index (χ0) is 26.6. The van der Waals surface area contributed by atoms with Crippen LogP contribution in [0, 0.1) is 10.1 Å². The number of carbonyl (C=O) groups excluding carboxylic acids is 2. The Bertz CT molecular complexity index is 1170. The number of carbonyl (C=O) groups is 2. The fourth-order valence-corrected chi connectivity index (χ4v) is 3.67. The van der Waals surface area contributed by atoms with Crippen molar-refractivity contribution in [3.05, 3.63) is 76.5 Å². The first-order chi connectivity index (χ1) is 17.9. The van der Waals surface area contributed by atoms with E-state index < -0.39 is 22.5 Å². The fourth-order valence-electron chi connectivity index (χ4n) is 3.67. The van der Waals surface area contributed by atoms with Gasteiger partial charge >= 0.3 is 17.6 Å². The first-order valence-corrected chi connectivity index (χ1v) is 11.8. The summed E-state index contributed by atoms with van der Waals surface area (Å²) < 4.78 is 15.6. The number of rotatable bonds is 14. The van der Waals surface area contributed by atoms with E-state index in [-0.39, 0.29) is 57.4 Å². The second-order valence-corrected chi connectivity index (χ2v) is 7.83.